The van der Waals surface area contributed by atoms with Crippen molar-refractivity contribution in [3.63, 3.8) is 0 Å². The first kappa shape index (κ1) is 12.4. The molecular formula is C11H16N2O3. The minimum absolute atomic E-state index is 0.0361. The Bertz CT molecular complexity index is 318. The summed E-state index contributed by atoms with van der Waals surface area (Å²) in [6, 6.07) is -0.00285. The average molecular weight is 224 g/mol. The number of carbonyl (C=O) groups excluding carboxylic acids is 1. The Kier molecular flexibility index (Phi) is 4.18. The highest BCUT2D eigenvalue weighted by Crippen LogP contribution is 2.27. The molecule has 0 aliphatic heterocycles. The topological polar surface area (TPSA) is 60.9 Å². The van der Waals surface area contributed by atoms with Gasteiger partial charge in [0.2, 0.25) is 0 Å². The van der Waals surface area contributed by atoms with Crippen LogP contribution in [0.1, 0.15) is 19.8 Å². The predicted octanol–water partition coefficient (Wildman–Crippen LogP) is 0.611. The zero-order valence-electron chi connectivity index (χ0n) is 9.35. The van der Waals surface area contributed by atoms with Gasteiger partial charge in [-0.25, -0.2) is 4.79 Å². The van der Waals surface area contributed by atoms with Crippen LogP contribution in [0.4, 0.5) is 4.79 Å². The minimum Gasteiger partial charge on any atom is -0.480 e. The highest BCUT2D eigenvalue weighted by Gasteiger charge is 2.33. The molecular weight excluding hydrogens is 208 g/mol. The van der Waals surface area contributed by atoms with Crippen molar-refractivity contribution < 1.29 is 14.7 Å². The molecule has 1 aliphatic rings. The Morgan fingerprint density at radius 3 is 2.50 bits per heavy atom. The zero-order valence-corrected chi connectivity index (χ0v) is 9.35. The van der Waals surface area contributed by atoms with Gasteiger partial charge in [-0.05, 0) is 19.8 Å². The van der Waals surface area contributed by atoms with Crippen LogP contribution in [0.2, 0.25) is 0 Å². The number of nitrogens with zero attached hydrogens (tertiary/aromatic N) is 2. The number of urea groups is 1. The van der Waals surface area contributed by atoms with Gasteiger partial charge in [0.25, 0.3) is 0 Å². The fraction of sp³-hybridized carbons (Fsp3) is 0.636. The third-order valence-electron chi connectivity index (χ3n) is 2.45. The van der Waals surface area contributed by atoms with Crippen molar-refractivity contribution in [1.29, 1.82) is 0 Å². The van der Waals surface area contributed by atoms with Gasteiger partial charge in [0.1, 0.15) is 6.54 Å². The summed E-state index contributed by atoms with van der Waals surface area (Å²) >= 11 is 0. The number of hydrogen-bond acceptors (Lipinski definition) is 2. The van der Waals surface area contributed by atoms with E-state index in [0.717, 1.165) is 12.8 Å². The lowest BCUT2D eigenvalue weighted by Gasteiger charge is -2.27. The molecule has 0 radical (unpaired) electrons. The van der Waals surface area contributed by atoms with Gasteiger partial charge in [-0.1, -0.05) is 5.92 Å². The van der Waals surface area contributed by atoms with Crippen LogP contribution in [0, 0.1) is 12.3 Å². The zero-order chi connectivity index (χ0) is 12.1. The van der Waals surface area contributed by atoms with Crippen molar-refractivity contribution in [2.45, 2.75) is 25.8 Å². The number of rotatable bonds is 5. The second-order valence-corrected chi connectivity index (χ2v) is 3.75. The SMILES string of the molecule is C#CCN(CC(=O)O)C(=O)N(CC)C1CC1. The van der Waals surface area contributed by atoms with Gasteiger partial charge in [0.15, 0.2) is 0 Å². The molecule has 5 heteroatoms. The van der Waals surface area contributed by atoms with Gasteiger partial charge in [-0.3, -0.25) is 4.79 Å². The standard InChI is InChI=1S/C11H16N2O3/c1-3-7-12(8-10(14)15)11(16)13(4-2)9-5-6-9/h1,9H,4-8H2,2H3,(H,14,15). The van der Waals surface area contributed by atoms with E-state index in [0.29, 0.717) is 6.54 Å². The van der Waals surface area contributed by atoms with E-state index in [4.69, 9.17) is 11.5 Å². The van der Waals surface area contributed by atoms with Crippen molar-refractivity contribution in [1.82, 2.24) is 9.80 Å². The van der Waals surface area contributed by atoms with Crippen LogP contribution in [0.5, 0.6) is 0 Å². The molecule has 0 aromatic heterocycles. The highest BCUT2D eigenvalue weighted by atomic mass is 16.4. The van der Waals surface area contributed by atoms with Crippen molar-refractivity contribution in [2.75, 3.05) is 19.6 Å². The summed E-state index contributed by atoms with van der Waals surface area (Å²) in [5, 5.41) is 8.69. The van der Waals surface area contributed by atoms with Gasteiger partial charge >= 0.3 is 12.0 Å². The van der Waals surface area contributed by atoms with Gasteiger partial charge in [0.05, 0.1) is 6.54 Å². The van der Waals surface area contributed by atoms with E-state index in [1.165, 1.54) is 4.90 Å². The van der Waals surface area contributed by atoms with Crippen LogP contribution in [0.3, 0.4) is 0 Å². The van der Waals surface area contributed by atoms with Crippen LogP contribution >= 0.6 is 0 Å². The summed E-state index contributed by atoms with van der Waals surface area (Å²) in [4.78, 5) is 25.4. The molecule has 0 unspecified atom stereocenters. The van der Waals surface area contributed by atoms with Gasteiger partial charge < -0.3 is 14.9 Å². The van der Waals surface area contributed by atoms with Crippen LogP contribution in [0.15, 0.2) is 0 Å². The van der Waals surface area contributed by atoms with E-state index >= 15 is 0 Å². The quantitative estimate of drug-likeness (QED) is 0.696. The number of carboxylic acids is 1. The maximum atomic E-state index is 12.0. The van der Waals surface area contributed by atoms with Gasteiger partial charge in [0, 0.05) is 12.6 Å². The Morgan fingerprint density at radius 1 is 1.50 bits per heavy atom. The van der Waals surface area contributed by atoms with E-state index in [1.807, 2.05) is 6.92 Å². The van der Waals surface area contributed by atoms with Crippen LogP contribution in [0.25, 0.3) is 0 Å². The summed E-state index contributed by atoms with van der Waals surface area (Å²) in [5.41, 5.74) is 0. The van der Waals surface area contributed by atoms with Gasteiger partial charge in [-0.2, -0.15) is 0 Å². The van der Waals surface area contributed by atoms with E-state index in [-0.39, 0.29) is 25.2 Å². The lowest BCUT2D eigenvalue weighted by atomic mass is 10.4. The van der Waals surface area contributed by atoms with E-state index in [9.17, 15) is 9.59 Å². The second-order valence-electron chi connectivity index (χ2n) is 3.75. The number of terminal acetylenes is 1. The van der Waals surface area contributed by atoms with Crippen molar-refractivity contribution in [2.24, 2.45) is 0 Å². The largest absolute Gasteiger partial charge is 0.480 e. The number of aliphatic carboxylic acids is 1. The molecule has 2 amide bonds. The molecule has 0 aromatic carbocycles. The maximum absolute atomic E-state index is 12.0. The molecule has 1 N–H and O–H groups in total. The predicted molar refractivity (Wildman–Crippen MR) is 58.8 cm³/mol. The van der Waals surface area contributed by atoms with Crippen molar-refractivity contribution in [3.8, 4) is 12.3 Å². The average Bonchev–Trinajstić information content (AvgIpc) is 3.01. The molecule has 0 bridgehead atoms. The first-order valence-corrected chi connectivity index (χ1v) is 5.31. The first-order chi connectivity index (χ1) is 7.60. The molecule has 0 aromatic rings. The Morgan fingerprint density at radius 2 is 2.12 bits per heavy atom. The molecule has 0 atom stereocenters. The number of carbonyl (C=O) groups is 2. The summed E-state index contributed by atoms with van der Waals surface area (Å²) in [6.45, 7) is 2.16. The number of hydrogen-bond donors (Lipinski definition) is 1. The summed E-state index contributed by atoms with van der Waals surface area (Å²) in [6.07, 6.45) is 7.11. The Labute approximate surface area is 95.0 Å². The highest BCUT2D eigenvalue weighted by molar-refractivity contribution is 5.80. The minimum atomic E-state index is -1.05. The van der Waals surface area contributed by atoms with E-state index in [2.05, 4.69) is 5.92 Å². The molecule has 1 aliphatic carbocycles. The van der Waals surface area contributed by atoms with Crippen LogP contribution in [-0.4, -0.2) is 52.6 Å². The van der Waals surface area contributed by atoms with Gasteiger partial charge in [-0.15, -0.1) is 6.42 Å². The maximum Gasteiger partial charge on any atom is 0.323 e. The molecule has 88 valence electrons. The summed E-state index contributed by atoms with van der Waals surface area (Å²) < 4.78 is 0. The fourth-order valence-electron chi connectivity index (χ4n) is 1.58. The second kappa shape index (κ2) is 5.40. The monoisotopic (exact) mass is 224 g/mol. The lowest BCUT2D eigenvalue weighted by Crippen LogP contribution is -2.46. The van der Waals surface area contributed by atoms with Crippen molar-refractivity contribution in [3.05, 3.63) is 0 Å². The lowest BCUT2D eigenvalue weighted by molar-refractivity contribution is -0.137. The van der Waals surface area contributed by atoms with Crippen LogP contribution in [-0.2, 0) is 4.79 Å². The third kappa shape index (κ3) is 3.16. The molecule has 1 rings (SSSR count). The summed E-state index contributed by atoms with van der Waals surface area (Å²) in [5.74, 6) is 1.26. The molecule has 0 saturated heterocycles. The smallest absolute Gasteiger partial charge is 0.323 e. The van der Waals surface area contributed by atoms with Crippen LogP contribution < -0.4 is 0 Å². The van der Waals surface area contributed by atoms with E-state index < -0.39 is 5.97 Å². The van der Waals surface area contributed by atoms with E-state index in [1.54, 1.807) is 4.90 Å². The molecule has 0 heterocycles. The molecule has 16 heavy (non-hydrogen) atoms. The normalized spacial score (nSPS) is 14.0. The van der Waals surface area contributed by atoms with Crippen molar-refractivity contribution >= 4 is 12.0 Å². The Balaban J connectivity index is 2.64. The molecule has 5 nitrogen and oxygen atoms in total. The number of amides is 2. The molecule has 1 fully saturated rings. The molecule has 0 spiro atoms. The Hall–Kier alpha value is -1.70. The third-order valence-corrected chi connectivity index (χ3v) is 2.45. The first-order valence-electron chi connectivity index (χ1n) is 5.31. The molecule has 1 saturated carbocycles. The summed E-state index contributed by atoms with van der Waals surface area (Å²) in [7, 11) is 0. The number of carboxylic acid groups (broad SMARTS) is 1. The fourth-order valence-corrected chi connectivity index (χ4v) is 1.58.